The van der Waals surface area contributed by atoms with Crippen LogP contribution in [0.1, 0.15) is 26.3 Å². The van der Waals surface area contributed by atoms with Gasteiger partial charge in [0.15, 0.2) is 0 Å². The molecule has 310 valence electrons. The topological polar surface area (TPSA) is 21.3 Å². The maximum Gasteiger partial charge on any atom is 0.333 e. The zero-order chi connectivity index (χ0) is 43.8. The van der Waals surface area contributed by atoms with E-state index in [0.29, 0.717) is 0 Å². The van der Waals surface area contributed by atoms with Gasteiger partial charge in [-0.15, -0.1) is 0 Å². The molecule has 2 aliphatic rings. The van der Waals surface area contributed by atoms with Crippen molar-refractivity contribution in [2.75, 3.05) is 4.90 Å². The number of fused-ring (bicyclic) bond motifs is 12. The average Bonchev–Trinajstić information content (AvgIpc) is 3.89. The van der Waals surface area contributed by atoms with Crippen molar-refractivity contribution in [1.29, 1.82) is 0 Å². The quantitative estimate of drug-likeness (QED) is 0.165. The molecule has 10 aromatic carbocycles. The monoisotopic (exact) mass is 842 g/mol. The second kappa shape index (κ2) is 13.7. The lowest BCUT2D eigenvalue weighted by atomic mass is 9.44. The maximum absolute atomic E-state index is 6.82. The molecular formula is C62H43BN2O. The third-order valence-corrected chi connectivity index (χ3v) is 14.5. The SMILES string of the molecule is CC(C)(C)c1ccc(N2c3cc4c(cc3B3c5c2cc2ccccc2c5-c2cc(-c5ccccc5)cc5c6cc(-c7ccccc7)ccc6n3c25)oc2ccccc24)c(-c2ccccc2)c1. The van der Waals surface area contributed by atoms with Gasteiger partial charge in [-0.3, -0.25) is 0 Å². The van der Waals surface area contributed by atoms with Crippen LogP contribution in [0.3, 0.4) is 0 Å². The summed E-state index contributed by atoms with van der Waals surface area (Å²) >= 11 is 0. The van der Waals surface area contributed by atoms with Gasteiger partial charge in [0.25, 0.3) is 0 Å². The van der Waals surface area contributed by atoms with Gasteiger partial charge in [-0.1, -0.05) is 166 Å². The lowest BCUT2D eigenvalue weighted by Crippen LogP contribution is -2.56. The Labute approximate surface area is 383 Å². The van der Waals surface area contributed by atoms with Gasteiger partial charge < -0.3 is 13.8 Å². The van der Waals surface area contributed by atoms with Crippen molar-refractivity contribution in [2.24, 2.45) is 0 Å². The van der Waals surface area contributed by atoms with E-state index in [-0.39, 0.29) is 12.3 Å². The summed E-state index contributed by atoms with van der Waals surface area (Å²) in [6.07, 6.45) is 0. The van der Waals surface area contributed by atoms with Crippen LogP contribution in [0.5, 0.6) is 0 Å². The molecule has 0 saturated heterocycles. The van der Waals surface area contributed by atoms with Crippen LogP contribution in [0.4, 0.5) is 17.1 Å². The number of rotatable bonds is 4. The lowest BCUT2D eigenvalue weighted by molar-refractivity contribution is 0.590. The fourth-order valence-corrected chi connectivity index (χ4v) is 11.4. The molecule has 0 fully saturated rings. The molecule has 0 amide bonds. The zero-order valence-corrected chi connectivity index (χ0v) is 37.0. The van der Waals surface area contributed by atoms with E-state index in [4.69, 9.17) is 4.42 Å². The number of benzene rings is 10. The highest BCUT2D eigenvalue weighted by Crippen LogP contribution is 2.51. The van der Waals surface area contributed by atoms with E-state index in [1.807, 2.05) is 0 Å². The van der Waals surface area contributed by atoms with Gasteiger partial charge in [-0.2, -0.15) is 0 Å². The second-order valence-electron chi connectivity index (χ2n) is 19.3. The first-order valence-corrected chi connectivity index (χ1v) is 23.1. The van der Waals surface area contributed by atoms with Crippen molar-refractivity contribution in [3.05, 3.63) is 212 Å². The summed E-state index contributed by atoms with van der Waals surface area (Å²) in [6, 6.07) is 76.6. The Kier molecular flexibility index (Phi) is 7.76. The Morgan fingerprint density at radius 2 is 1.09 bits per heavy atom. The number of furan rings is 1. The van der Waals surface area contributed by atoms with Crippen molar-refractivity contribution in [2.45, 2.75) is 26.2 Å². The summed E-state index contributed by atoms with van der Waals surface area (Å²) < 4.78 is 9.49. The number of para-hydroxylation sites is 1. The van der Waals surface area contributed by atoms with Crippen LogP contribution in [-0.4, -0.2) is 11.3 Å². The van der Waals surface area contributed by atoms with Gasteiger partial charge in [0.2, 0.25) is 0 Å². The van der Waals surface area contributed by atoms with Crippen molar-refractivity contribution in [3.63, 3.8) is 0 Å². The first-order chi connectivity index (χ1) is 32.4. The Hall–Kier alpha value is -8.08. The minimum Gasteiger partial charge on any atom is -0.456 e. The molecule has 14 rings (SSSR count). The molecule has 0 radical (unpaired) electrons. The van der Waals surface area contributed by atoms with Gasteiger partial charge in [-0.25, -0.2) is 0 Å². The van der Waals surface area contributed by atoms with Gasteiger partial charge in [0.05, 0.1) is 5.69 Å². The van der Waals surface area contributed by atoms with Gasteiger partial charge in [0.1, 0.15) is 11.2 Å². The normalized spacial score (nSPS) is 13.0. The predicted octanol–water partition coefficient (Wildman–Crippen LogP) is 15.6. The standard InChI is InChI=1S/C62H43BN2O/c1-62(2,3)44-28-30-53(47(35-44)40-21-11-6-12-22-40)64-55-36-49-46-25-15-16-26-57(46)66-58(49)37-52(55)63-60-56(64)34-42-23-13-14-24-45(42)59(60)51-33-43(39-19-9-5-10-20-39)32-50-48-31-41(38-17-7-4-8-18-38)27-29-54(48)65(63)61(50)51/h4-37H,1-3H3. The third-order valence-electron chi connectivity index (χ3n) is 14.5. The number of nitrogens with zero attached hydrogens (tertiary/aromatic N) is 2. The number of hydrogen-bond donors (Lipinski definition) is 0. The highest BCUT2D eigenvalue weighted by molar-refractivity contribution is 6.90. The molecule has 4 heteroatoms. The Morgan fingerprint density at radius 1 is 0.424 bits per heavy atom. The van der Waals surface area contributed by atoms with Gasteiger partial charge >= 0.3 is 6.85 Å². The highest BCUT2D eigenvalue weighted by Gasteiger charge is 2.44. The number of anilines is 3. The Bertz CT molecular complexity index is 3970. The van der Waals surface area contributed by atoms with Gasteiger partial charge in [-0.05, 0) is 127 Å². The molecule has 2 aromatic heterocycles. The van der Waals surface area contributed by atoms with E-state index in [2.05, 4.69) is 236 Å². The van der Waals surface area contributed by atoms with Crippen molar-refractivity contribution in [1.82, 2.24) is 4.48 Å². The summed E-state index contributed by atoms with van der Waals surface area (Å²) in [5, 5.41) is 7.23. The van der Waals surface area contributed by atoms with E-state index < -0.39 is 0 Å². The largest absolute Gasteiger partial charge is 0.456 e. The highest BCUT2D eigenvalue weighted by atomic mass is 16.3. The summed E-state index contributed by atoms with van der Waals surface area (Å²) in [6.45, 7) is 6.77. The molecule has 0 unspecified atom stereocenters. The Balaban J connectivity index is 1.17. The van der Waals surface area contributed by atoms with Crippen LogP contribution < -0.4 is 15.8 Å². The molecule has 0 N–H and O–H groups in total. The van der Waals surface area contributed by atoms with E-state index in [1.165, 1.54) is 99.3 Å². The molecule has 66 heavy (non-hydrogen) atoms. The smallest absolute Gasteiger partial charge is 0.333 e. The molecular weight excluding hydrogens is 800 g/mol. The van der Waals surface area contributed by atoms with Gasteiger partial charge in [0, 0.05) is 55.1 Å². The first kappa shape index (κ1) is 37.3. The summed E-state index contributed by atoms with van der Waals surface area (Å²) in [7, 11) is 0. The minimum absolute atomic E-state index is 0.0433. The lowest BCUT2D eigenvalue weighted by Gasteiger charge is -2.42. The van der Waals surface area contributed by atoms with E-state index in [1.54, 1.807) is 0 Å². The van der Waals surface area contributed by atoms with Crippen LogP contribution in [-0.2, 0) is 5.41 Å². The zero-order valence-electron chi connectivity index (χ0n) is 37.0. The molecule has 3 nitrogen and oxygen atoms in total. The van der Waals surface area contributed by atoms with Crippen molar-refractivity contribution < 1.29 is 4.42 Å². The average molecular weight is 843 g/mol. The summed E-state index contributed by atoms with van der Waals surface area (Å²) in [5.74, 6) is 0. The predicted molar refractivity (Wildman–Crippen MR) is 280 cm³/mol. The molecule has 0 aliphatic carbocycles. The molecule has 2 aliphatic heterocycles. The second-order valence-corrected chi connectivity index (χ2v) is 19.3. The number of aromatic nitrogens is 1. The first-order valence-electron chi connectivity index (χ1n) is 23.1. The van der Waals surface area contributed by atoms with Crippen LogP contribution in [0.15, 0.2) is 211 Å². The van der Waals surface area contributed by atoms with Crippen molar-refractivity contribution in [3.8, 4) is 44.5 Å². The maximum atomic E-state index is 6.82. The fraction of sp³-hybridized carbons (Fsp3) is 0.0645. The molecule has 0 spiro atoms. The number of hydrogen-bond acceptors (Lipinski definition) is 2. The van der Waals surface area contributed by atoms with Crippen LogP contribution in [0.25, 0.3) is 99.0 Å². The van der Waals surface area contributed by atoms with Crippen molar-refractivity contribution >= 4 is 89.4 Å². The summed E-state index contributed by atoms with van der Waals surface area (Å²) in [4.78, 5) is 2.59. The summed E-state index contributed by atoms with van der Waals surface area (Å²) in [5.41, 5.74) is 21.4. The van der Waals surface area contributed by atoms with Crippen LogP contribution in [0, 0.1) is 0 Å². The fourth-order valence-electron chi connectivity index (χ4n) is 11.4. The third kappa shape index (κ3) is 5.33. The molecule has 4 heterocycles. The van der Waals surface area contributed by atoms with E-state index in [9.17, 15) is 0 Å². The molecule has 0 bridgehead atoms. The Morgan fingerprint density at radius 3 is 1.85 bits per heavy atom. The van der Waals surface area contributed by atoms with Crippen LogP contribution >= 0.6 is 0 Å². The minimum atomic E-state index is -0.157. The molecule has 0 atom stereocenters. The van der Waals surface area contributed by atoms with E-state index >= 15 is 0 Å². The van der Waals surface area contributed by atoms with Crippen LogP contribution in [0.2, 0.25) is 0 Å². The van der Waals surface area contributed by atoms with E-state index in [0.717, 1.165) is 33.3 Å². The molecule has 0 saturated carbocycles. The molecule has 12 aromatic rings.